The summed E-state index contributed by atoms with van der Waals surface area (Å²) >= 11 is 0. The fraction of sp³-hybridized carbons (Fsp3) is 0.500. The smallest absolute Gasteiger partial charge is 0.388 e. The van der Waals surface area contributed by atoms with E-state index in [0.717, 1.165) is 9.85 Å². The fourth-order valence-electron chi connectivity index (χ4n) is 1.73. The van der Waals surface area contributed by atoms with Gasteiger partial charge in [0.2, 0.25) is 0 Å². The zero-order valence-electron chi connectivity index (χ0n) is 11.8. The molecule has 2 rings (SSSR count). The van der Waals surface area contributed by atoms with Crippen LogP contribution >= 0.6 is 15.6 Å². The number of phosphoric acid groups is 2. The van der Waals surface area contributed by atoms with Crippen LogP contribution in [0.4, 0.5) is 5.82 Å². The van der Waals surface area contributed by atoms with Gasteiger partial charge in [0.15, 0.2) is 0 Å². The second kappa shape index (κ2) is 6.88. The van der Waals surface area contributed by atoms with Crippen LogP contribution < -0.4 is 16.6 Å². The molecule has 0 saturated carbocycles. The van der Waals surface area contributed by atoms with Crippen molar-refractivity contribution < 1.29 is 42.6 Å². The molecule has 136 valence electrons. The molecule has 0 bridgehead atoms. The van der Waals surface area contributed by atoms with Gasteiger partial charge in [0.05, 0.1) is 13.2 Å². The molecule has 16 heteroatoms. The maximum Gasteiger partial charge on any atom is 0.481 e. The van der Waals surface area contributed by atoms with Gasteiger partial charge in [-0.2, -0.15) is 19.1 Å². The monoisotopic (exact) mass is 388 g/mol. The van der Waals surface area contributed by atoms with Gasteiger partial charge in [0, 0.05) is 6.20 Å². The third-order valence-corrected chi connectivity index (χ3v) is 4.84. The van der Waals surface area contributed by atoms with Crippen LogP contribution in [0.2, 0.25) is 0 Å². The summed E-state index contributed by atoms with van der Waals surface area (Å²) in [5.74, 6) is -0.0216. The average molecular weight is 388 g/mol. The molecule has 0 spiro atoms. The van der Waals surface area contributed by atoms with E-state index in [2.05, 4.69) is 13.8 Å². The lowest BCUT2D eigenvalue weighted by Gasteiger charge is -2.19. The van der Waals surface area contributed by atoms with Gasteiger partial charge < -0.3 is 25.5 Å². The summed E-state index contributed by atoms with van der Waals surface area (Å²) in [4.78, 5) is 46.4. The van der Waals surface area contributed by atoms with Crippen molar-refractivity contribution in [3.63, 3.8) is 0 Å². The first-order valence-electron chi connectivity index (χ1n) is 6.19. The highest BCUT2D eigenvalue weighted by Gasteiger charge is 2.38. The lowest BCUT2D eigenvalue weighted by Crippen LogP contribution is -2.41. The highest BCUT2D eigenvalue weighted by molar-refractivity contribution is 7.60. The van der Waals surface area contributed by atoms with E-state index in [1.807, 2.05) is 0 Å². The molecule has 2 heterocycles. The maximum atomic E-state index is 11.7. The van der Waals surface area contributed by atoms with Crippen molar-refractivity contribution in [2.24, 2.45) is 0 Å². The molecule has 1 aromatic heterocycles. The summed E-state index contributed by atoms with van der Waals surface area (Å²) < 4.78 is 30.7. The van der Waals surface area contributed by atoms with Crippen molar-refractivity contribution in [3.8, 4) is 0 Å². The molecule has 24 heavy (non-hydrogen) atoms. The number of hydrogen-bond acceptors (Lipinski definition) is 10. The van der Waals surface area contributed by atoms with Crippen LogP contribution in [0.1, 0.15) is 0 Å². The number of nitrogens with two attached hydrogens (primary N) is 1. The number of aliphatic hydroxyl groups is 1. The molecule has 1 unspecified atom stereocenters. The fourth-order valence-corrected chi connectivity index (χ4v) is 3.33. The topological polar surface area (TPSA) is 207 Å². The van der Waals surface area contributed by atoms with Gasteiger partial charge in [-0.3, -0.25) is 4.52 Å². The Bertz CT molecular complexity index is 749. The number of nitrogen functional groups attached to an aromatic ring is 1. The summed E-state index contributed by atoms with van der Waals surface area (Å²) in [6, 6.07) is 1.30. The Kier molecular flexibility index (Phi) is 5.44. The van der Waals surface area contributed by atoms with Crippen LogP contribution in [0.15, 0.2) is 17.1 Å². The van der Waals surface area contributed by atoms with E-state index in [9.17, 15) is 19.0 Å². The Morgan fingerprint density at radius 3 is 2.67 bits per heavy atom. The quantitative estimate of drug-likeness (QED) is 0.324. The minimum Gasteiger partial charge on any atom is -0.388 e. The van der Waals surface area contributed by atoms with Crippen LogP contribution in [0.3, 0.4) is 0 Å². The first kappa shape index (κ1) is 19.0. The number of aliphatic hydroxyl groups excluding tert-OH is 1. The van der Waals surface area contributed by atoms with Crippen LogP contribution in [-0.4, -0.2) is 54.8 Å². The number of nitrogens with zero attached hydrogens (tertiary/aromatic N) is 3. The number of β-amino-alcohol motifs (C(OH)–C–C–N with tert-alkyl or cyclic N) is 1. The van der Waals surface area contributed by atoms with E-state index in [4.69, 9.17) is 25.3 Å². The Balaban J connectivity index is 2.00. The number of hydroxylamine groups is 1. The van der Waals surface area contributed by atoms with Crippen molar-refractivity contribution in [2.75, 3.05) is 24.1 Å². The van der Waals surface area contributed by atoms with E-state index in [1.54, 1.807) is 0 Å². The van der Waals surface area contributed by atoms with Crippen LogP contribution in [0.5, 0.6) is 0 Å². The number of phosphoric ester groups is 1. The minimum atomic E-state index is -5.25. The van der Waals surface area contributed by atoms with E-state index in [1.165, 1.54) is 12.3 Å². The van der Waals surface area contributed by atoms with Gasteiger partial charge in [-0.15, -0.1) is 0 Å². The molecule has 0 aromatic carbocycles. The molecule has 14 nitrogen and oxygen atoms in total. The predicted molar refractivity (Wildman–Crippen MR) is 75.8 cm³/mol. The Hall–Kier alpha value is -1.34. The minimum absolute atomic E-state index is 0.0216. The van der Waals surface area contributed by atoms with Crippen molar-refractivity contribution in [3.05, 3.63) is 22.7 Å². The molecule has 1 aromatic rings. The van der Waals surface area contributed by atoms with E-state index >= 15 is 0 Å². The Labute approximate surface area is 133 Å². The molecule has 1 fully saturated rings. The van der Waals surface area contributed by atoms with Crippen molar-refractivity contribution in [2.45, 2.75) is 12.2 Å². The molecule has 1 aliphatic rings. The highest BCUT2D eigenvalue weighted by Crippen LogP contribution is 2.57. The van der Waals surface area contributed by atoms with Gasteiger partial charge in [0.1, 0.15) is 18.0 Å². The van der Waals surface area contributed by atoms with Gasteiger partial charge in [-0.25, -0.2) is 18.8 Å². The predicted octanol–water partition coefficient (Wildman–Crippen LogP) is -2.34. The van der Waals surface area contributed by atoms with Crippen molar-refractivity contribution in [1.29, 1.82) is 0 Å². The highest BCUT2D eigenvalue weighted by atomic mass is 31.3. The van der Waals surface area contributed by atoms with Crippen LogP contribution in [-0.2, 0) is 22.8 Å². The van der Waals surface area contributed by atoms with E-state index in [-0.39, 0.29) is 12.4 Å². The van der Waals surface area contributed by atoms with Crippen LogP contribution in [0, 0.1) is 0 Å². The maximum absolute atomic E-state index is 11.7. The molecular weight excluding hydrogens is 374 g/mol. The van der Waals surface area contributed by atoms with Crippen LogP contribution in [0.25, 0.3) is 0 Å². The molecule has 1 aliphatic heterocycles. The third kappa shape index (κ3) is 5.08. The zero-order valence-corrected chi connectivity index (χ0v) is 13.6. The summed E-state index contributed by atoms with van der Waals surface area (Å²) in [5, 5.41) is 10.7. The first-order chi connectivity index (χ1) is 11.0. The van der Waals surface area contributed by atoms with E-state index in [0.29, 0.717) is 0 Å². The summed E-state index contributed by atoms with van der Waals surface area (Å²) in [6.45, 7) is -0.961. The summed E-state index contributed by atoms with van der Waals surface area (Å²) in [5.41, 5.74) is 4.55. The SMILES string of the molecule is Nc1ccn(N2C[C@H](O)[C@@H](COP(=O)(O)OP(=O)(O)O)O2)c(=O)n1. The molecule has 0 radical (unpaired) electrons. The van der Waals surface area contributed by atoms with E-state index < -0.39 is 40.1 Å². The Morgan fingerprint density at radius 2 is 2.08 bits per heavy atom. The molecular formula is C8H14N4O10P2. The number of anilines is 1. The Morgan fingerprint density at radius 1 is 1.42 bits per heavy atom. The van der Waals surface area contributed by atoms with Gasteiger partial charge in [-0.1, -0.05) is 0 Å². The number of rotatable bonds is 6. The molecule has 1 saturated heterocycles. The van der Waals surface area contributed by atoms with Gasteiger partial charge in [0.25, 0.3) is 0 Å². The van der Waals surface area contributed by atoms with Gasteiger partial charge >= 0.3 is 21.3 Å². The average Bonchev–Trinajstić information content (AvgIpc) is 2.75. The van der Waals surface area contributed by atoms with Crippen molar-refractivity contribution in [1.82, 2.24) is 9.66 Å². The molecule has 3 atom stereocenters. The molecule has 6 N–H and O–H groups in total. The first-order valence-corrected chi connectivity index (χ1v) is 9.21. The zero-order chi connectivity index (χ0) is 18.1. The largest absolute Gasteiger partial charge is 0.481 e. The third-order valence-electron chi connectivity index (χ3n) is 2.69. The van der Waals surface area contributed by atoms with Gasteiger partial charge in [-0.05, 0) is 6.07 Å². The lowest BCUT2D eigenvalue weighted by molar-refractivity contribution is -0.0227. The number of hydrogen-bond donors (Lipinski definition) is 5. The second-order valence-corrected chi connectivity index (χ2v) is 7.39. The summed E-state index contributed by atoms with van der Waals surface area (Å²) in [6.07, 6.45) is -1.23. The second-order valence-electron chi connectivity index (χ2n) is 4.56. The molecule has 0 amide bonds. The number of aromatic nitrogens is 2. The van der Waals surface area contributed by atoms with Crippen molar-refractivity contribution >= 4 is 21.5 Å². The molecule has 0 aliphatic carbocycles. The summed E-state index contributed by atoms with van der Waals surface area (Å²) in [7, 11) is -10.3. The standard InChI is InChI=1S/C8H14N4O10P2/c9-7-1-2-11(8(14)10-7)12-3-5(13)6(21-12)4-20-24(18,19)22-23(15,16)17/h1-2,5-6,13H,3-4H2,(H,18,19)(H2,9,10,14)(H2,15,16,17)/t5-,6+/m0/s1. The lowest BCUT2D eigenvalue weighted by atomic mass is 10.2. The normalized spacial score (nSPS) is 24.1.